The number of H-pyrrole nitrogens is 1. The highest BCUT2D eigenvalue weighted by molar-refractivity contribution is 7.99. The molecule has 25 heavy (non-hydrogen) atoms. The number of carbonyl (C=O) groups excluding carboxylic acids is 1. The van der Waals surface area contributed by atoms with Crippen molar-refractivity contribution in [2.75, 3.05) is 12.9 Å². The van der Waals surface area contributed by atoms with Crippen molar-refractivity contribution in [3.63, 3.8) is 0 Å². The summed E-state index contributed by atoms with van der Waals surface area (Å²) in [6.45, 7) is 1.54. The van der Waals surface area contributed by atoms with Crippen molar-refractivity contribution >= 4 is 29.7 Å². The minimum atomic E-state index is 0.0897. The number of ether oxygens (including phenoxy) is 1. The maximum atomic E-state index is 11.0. The summed E-state index contributed by atoms with van der Waals surface area (Å²) in [7, 11) is 1.64. The number of ketones is 1. The summed E-state index contributed by atoms with van der Waals surface area (Å²) in [5.41, 5.74) is 1.04. The van der Waals surface area contributed by atoms with Gasteiger partial charge in [0.25, 0.3) is 0 Å². The van der Waals surface area contributed by atoms with Crippen LogP contribution in [0, 0.1) is 0 Å². The molecule has 0 atom stereocenters. The molecule has 3 aromatic rings. The van der Waals surface area contributed by atoms with E-state index in [0.717, 1.165) is 11.3 Å². The van der Waals surface area contributed by atoms with Crippen LogP contribution < -0.4 is 4.74 Å². The normalized spacial score (nSPS) is 11.1. The summed E-state index contributed by atoms with van der Waals surface area (Å²) < 4.78 is 10.9. The fourth-order valence-electron chi connectivity index (χ4n) is 2.06. The molecular formula is C18H17N3O3S. The van der Waals surface area contributed by atoms with Crippen LogP contribution in [0.15, 0.2) is 46.0 Å². The van der Waals surface area contributed by atoms with Gasteiger partial charge in [0.15, 0.2) is 16.7 Å². The Hall–Kier alpha value is -2.80. The molecule has 128 valence electrons. The third-order valence-corrected chi connectivity index (χ3v) is 4.30. The Balaban J connectivity index is 1.67. The Kier molecular flexibility index (Phi) is 5.35. The van der Waals surface area contributed by atoms with Gasteiger partial charge < -0.3 is 14.1 Å². The van der Waals surface area contributed by atoms with Crippen LogP contribution in [0.5, 0.6) is 5.75 Å². The highest BCUT2D eigenvalue weighted by atomic mass is 32.2. The number of aromatic amines is 1. The van der Waals surface area contributed by atoms with Gasteiger partial charge in [-0.25, -0.2) is 0 Å². The van der Waals surface area contributed by atoms with Gasteiger partial charge in [-0.2, -0.15) is 0 Å². The number of rotatable bonds is 7. The second-order valence-corrected chi connectivity index (χ2v) is 6.24. The lowest BCUT2D eigenvalue weighted by Crippen LogP contribution is -1.93. The van der Waals surface area contributed by atoms with Gasteiger partial charge in [0, 0.05) is 0 Å². The number of carbonyl (C=O) groups is 1. The number of aromatic nitrogens is 3. The topological polar surface area (TPSA) is 81.0 Å². The van der Waals surface area contributed by atoms with E-state index in [-0.39, 0.29) is 5.78 Å². The molecule has 0 bridgehead atoms. The summed E-state index contributed by atoms with van der Waals surface area (Å²) >= 11 is 1.32. The van der Waals surface area contributed by atoms with Gasteiger partial charge in [0.1, 0.15) is 17.3 Å². The van der Waals surface area contributed by atoms with Crippen molar-refractivity contribution in [1.29, 1.82) is 0 Å². The molecule has 0 amide bonds. The smallest absolute Gasteiger partial charge is 0.197 e. The summed E-state index contributed by atoms with van der Waals surface area (Å²) in [5, 5.41) is 8.64. The number of Topliss-reactive ketones (excluding diaryl/α,β-unsaturated/α-hetero) is 1. The summed E-state index contributed by atoms with van der Waals surface area (Å²) in [5.74, 6) is 3.11. The lowest BCUT2D eigenvalue weighted by Gasteiger charge is -1.98. The first-order valence-electron chi connectivity index (χ1n) is 7.61. The molecular weight excluding hydrogens is 338 g/mol. The molecule has 0 aliphatic carbocycles. The Morgan fingerprint density at radius 3 is 2.72 bits per heavy atom. The Morgan fingerprint density at radius 1 is 1.20 bits per heavy atom. The molecule has 0 fully saturated rings. The van der Waals surface area contributed by atoms with Gasteiger partial charge in [0.05, 0.1) is 12.9 Å². The number of hydrogen-bond acceptors (Lipinski definition) is 6. The first-order valence-corrected chi connectivity index (χ1v) is 8.60. The van der Waals surface area contributed by atoms with Crippen LogP contribution in [0.2, 0.25) is 0 Å². The van der Waals surface area contributed by atoms with Crippen molar-refractivity contribution in [2.45, 2.75) is 12.1 Å². The molecule has 6 nitrogen and oxygen atoms in total. The molecule has 0 aliphatic heterocycles. The highest BCUT2D eigenvalue weighted by Gasteiger charge is 2.10. The van der Waals surface area contributed by atoms with Crippen molar-refractivity contribution in [3.05, 3.63) is 47.7 Å². The Bertz CT molecular complexity index is 881. The molecule has 0 aliphatic rings. The van der Waals surface area contributed by atoms with Crippen LogP contribution in [0.25, 0.3) is 23.7 Å². The number of methoxy groups -OCH3 is 1. The van der Waals surface area contributed by atoms with Crippen LogP contribution >= 0.6 is 11.8 Å². The lowest BCUT2D eigenvalue weighted by atomic mass is 10.2. The number of thioether (sulfide) groups is 1. The van der Waals surface area contributed by atoms with E-state index < -0.39 is 0 Å². The molecule has 2 aromatic heterocycles. The molecule has 3 rings (SSSR count). The van der Waals surface area contributed by atoms with Crippen molar-refractivity contribution in [2.24, 2.45) is 0 Å². The average Bonchev–Trinajstić information content (AvgIpc) is 3.27. The molecule has 0 saturated carbocycles. The van der Waals surface area contributed by atoms with Gasteiger partial charge in [-0.3, -0.25) is 4.79 Å². The van der Waals surface area contributed by atoms with E-state index in [4.69, 9.17) is 9.15 Å². The molecule has 0 saturated heterocycles. The van der Waals surface area contributed by atoms with Crippen molar-refractivity contribution in [3.8, 4) is 17.3 Å². The Labute approximate surface area is 149 Å². The predicted octanol–water partition coefficient (Wildman–Crippen LogP) is 3.92. The predicted molar refractivity (Wildman–Crippen MR) is 97.4 cm³/mol. The van der Waals surface area contributed by atoms with Crippen molar-refractivity contribution < 1.29 is 13.9 Å². The zero-order valence-electron chi connectivity index (χ0n) is 13.9. The fourth-order valence-corrected chi connectivity index (χ4v) is 2.66. The number of furan rings is 1. The zero-order valence-corrected chi connectivity index (χ0v) is 14.7. The van der Waals surface area contributed by atoms with Gasteiger partial charge in [0.2, 0.25) is 0 Å². The first kappa shape index (κ1) is 17.0. The average molecular weight is 355 g/mol. The summed E-state index contributed by atoms with van der Waals surface area (Å²) in [6.07, 6.45) is 3.84. The van der Waals surface area contributed by atoms with Crippen LogP contribution in [0.3, 0.4) is 0 Å². The van der Waals surface area contributed by atoms with Gasteiger partial charge in [-0.05, 0) is 42.8 Å². The SMILES string of the molecule is COc1ccc(/C=C/c2ccc(-c3nnc(SCC(C)=O)[nH]3)o2)cc1. The fraction of sp³-hybridized carbons (Fsp3) is 0.167. The molecule has 1 aromatic carbocycles. The van der Waals surface area contributed by atoms with Crippen LogP contribution in [-0.4, -0.2) is 33.8 Å². The van der Waals surface area contributed by atoms with E-state index >= 15 is 0 Å². The summed E-state index contributed by atoms with van der Waals surface area (Å²) in [6, 6.07) is 11.4. The van der Waals surface area contributed by atoms with E-state index in [1.165, 1.54) is 18.7 Å². The minimum absolute atomic E-state index is 0.0897. The molecule has 0 radical (unpaired) electrons. The van der Waals surface area contributed by atoms with Gasteiger partial charge in [-0.1, -0.05) is 30.0 Å². The van der Waals surface area contributed by atoms with E-state index in [1.54, 1.807) is 7.11 Å². The third-order valence-electron chi connectivity index (χ3n) is 3.29. The molecule has 0 spiro atoms. The standard InChI is InChI=1S/C18H17N3O3S/c1-12(22)11-25-18-19-17(20-21-18)16-10-9-15(24-16)8-5-13-3-6-14(23-2)7-4-13/h3-10H,11H2,1-2H3,(H,19,20,21)/b8-5+. The molecule has 7 heteroatoms. The van der Waals surface area contributed by atoms with Gasteiger partial charge in [-0.15, -0.1) is 10.2 Å². The van der Waals surface area contributed by atoms with E-state index in [2.05, 4.69) is 15.2 Å². The number of nitrogens with zero attached hydrogens (tertiary/aromatic N) is 2. The minimum Gasteiger partial charge on any atom is -0.497 e. The Morgan fingerprint density at radius 2 is 2.00 bits per heavy atom. The lowest BCUT2D eigenvalue weighted by molar-refractivity contribution is -0.114. The largest absolute Gasteiger partial charge is 0.497 e. The molecule has 0 unspecified atom stereocenters. The van der Waals surface area contributed by atoms with Crippen molar-refractivity contribution in [1.82, 2.24) is 15.2 Å². The maximum absolute atomic E-state index is 11.0. The number of nitrogens with one attached hydrogen (secondary N) is 1. The van der Waals surface area contributed by atoms with Crippen LogP contribution in [-0.2, 0) is 4.79 Å². The number of benzene rings is 1. The molecule has 1 N–H and O–H groups in total. The summed E-state index contributed by atoms with van der Waals surface area (Å²) in [4.78, 5) is 14.0. The van der Waals surface area contributed by atoms with E-state index in [0.29, 0.717) is 28.3 Å². The highest BCUT2D eigenvalue weighted by Crippen LogP contribution is 2.22. The zero-order chi connectivity index (χ0) is 17.6. The first-order chi connectivity index (χ1) is 12.1. The molecule has 2 heterocycles. The third kappa shape index (κ3) is 4.60. The number of hydrogen-bond donors (Lipinski definition) is 1. The van der Waals surface area contributed by atoms with E-state index in [1.807, 2.05) is 48.6 Å². The van der Waals surface area contributed by atoms with Gasteiger partial charge >= 0.3 is 0 Å². The van der Waals surface area contributed by atoms with E-state index in [9.17, 15) is 4.79 Å². The monoisotopic (exact) mass is 355 g/mol. The maximum Gasteiger partial charge on any atom is 0.197 e. The second-order valence-electron chi connectivity index (χ2n) is 5.28. The van der Waals surface area contributed by atoms with Crippen LogP contribution in [0.1, 0.15) is 18.2 Å². The second kappa shape index (κ2) is 7.85. The quantitative estimate of drug-likeness (QED) is 0.647. The van der Waals surface area contributed by atoms with Crippen LogP contribution in [0.4, 0.5) is 0 Å².